The third kappa shape index (κ3) is 3.90. The summed E-state index contributed by atoms with van der Waals surface area (Å²) in [5, 5.41) is 0. The van der Waals surface area contributed by atoms with E-state index in [4.69, 9.17) is 0 Å². The first kappa shape index (κ1) is 18.3. The van der Waals surface area contributed by atoms with E-state index in [1.54, 1.807) is 0 Å². The molecular weight excluding hydrogens is 252 g/mol. The van der Waals surface area contributed by atoms with Crippen molar-refractivity contribution < 1.29 is 0 Å². The van der Waals surface area contributed by atoms with E-state index in [-0.39, 0.29) is 16.2 Å². The monoisotopic (exact) mass is 288 g/mol. The average Bonchev–Trinajstić information content (AvgIpc) is 2.46. The molecule has 0 radical (unpaired) electrons. The molecule has 0 saturated heterocycles. The Bertz CT molecular complexity index is 391. The van der Waals surface area contributed by atoms with E-state index in [9.17, 15) is 0 Å². The molecule has 1 aromatic rings. The Labute approximate surface area is 133 Å². The van der Waals surface area contributed by atoms with E-state index >= 15 is 0 Å². The van der Waals surface area contributed by atoms with Crippen molar-refractivity contribution in [2.75, 3.05) is 0 Å². The molecule has 1 rings (SSSR count). The highest BCUT2D eigenvalue weighted by molar-refractivity contribution is 5.40. The van der Waals surface area contributed by atoms with Gasteiger partial charge in [-0.15, -0.1) is 0 Å². The zero-order valence-electron chi connectivity index (χ0n) is 15.9. The van der Waals surface area contributed by atoms with Gasteiger partial charge in [0.2, 0.25) is 0 Å². The van der Waals surface area contributed by atoms with Crippen molar-refractivity contribution in [3.63, 3.8) is 0 Å². The molecule has 0 saturated carbocycles. The van der Waals surface area contributed by atoms with Crippen LogP contribution in [0.25, 0.3) is 0 Å². The van der Waals surface area contributed by atoms with Gasteiger partial charge in [-0.2, -0.15) is 0 Å². The first-order valence-corrected chi connectivity index (χ1v) is 8.66. The second-order valence-electron chi connectivity index (χ2n) is 8.51. The lowest BCUT2D eigenvalue weighted by Gasteiger charge is -2.33. The standard InChI is InChI=1S/C21H36/c1-10-19(4,5)16-13-17(20(6,7)11-2)15-18(14-16)21(8,9)12-3/h13-15H,10-12H2,1-9H3. The van der Waals surface area contributed by atoms with Crippen LogP contribution in [-0.2, 0) is 16.2 Å². The largest absolute Gasteiger partial charge is 0.0646 e. The van der Waals surface area contributed by atoms with Gasteiger partial charge in [-0.25, -0.2) is 0 Å². The molecule has 0 heterocycles. The number of hydrogen-bond donors (Lipinski definition) is 0. The van der Waals surface area contributed by atoms with Crippen molar-refractivity contribution in [1.29, 1.82) is 0 Å². The molecule has 0 atom stereocenters. The second kappa shape index (κ2) is 6.15. The van der Waals surface area contributed by atoms with Gasteiger partial charge in [-0.05, 0) is 52.2 Å². The van der Waals surface area contributed by atoms with Crippen molar-refractivity contribution in [3.05, 3.63) is 34.9 Å². The van der Waals surface area contributed by atoms with Gasteiger partial charge >= 0.3 is 0 Å². The molecule has 1 aromatic carbocycles. The van der Waals surface area contributed by atoms with Crippen molar-refractivity contribution in [1.82, 2.24) is 0 Å². The zero-order chi connectivity index (χ0) is 16.5. The molecule has 0 fully saturated rings. The van der Waals surface area contributed by atoms with Crippen LogP contribution < -0.4 is 0 Å². The predicted molar refractivity (Wildman–Crippen MR) is 96.4 cm³/mol. The molecule has 0 aliphatic heterocycles. The molecule has 0 N–H and O–H groups in total. The molecule has 0 aliphatic rings. The van der Waals surface area contributed by atoms with Crippen molar-refractivity contribution in [2.24, 2.45) is 0 Å². The minimum absolute atomic E-state index is 0.248. The summed E-state index contributed by atoms with van der Waals surface area (Å²) in [7, 11) is 0. The van der Waals surface area contributed by atoms with Crippen LogP contribution in [-0.4, -0.2) is 0 Å². The highest BCUT2D eigenvalue weighted by Crippen LogP contribution is 2.37. The molecule has 120 valence electrons. The van der Waals surface area contributed by atoms with Crippen LogP contribution in [0.1, 0.15) is 98.3 Å². The lowest BCUT2D eigenvalue weighted by molar-refractivity contribution is 0.472. The summed E-state index contributed by atoms with van der Waals surface area (Å²) in [5.41, 5.74) is 5.25. The number of hydrogen-bond acceptors (Lipinski definition) is 0. The average molecular weight is 289 g/mol. The van der Waals surface area contributed by atoms with Crippen LogP contribution in [0.15, 0.2) is 18.2 Å². The van der Waals surface area contributed by atoms with E-state index in [1.165, 1.54) is 36.0 Å². The van der Waals surface area contributed by atoms with E-state index in [0.717, 1.165) is 0 Å². The van der Waals surface area contributed by atoms with Crippen LogP contribution in [0.3, 0.4) is 0 Å². The van der Waals surface area contributed by atoms with Crippen molar-refractivity contribution in [2.45, 2.75) is 97.8 Å². The fourth-order valence-electron chi connectivity index (χ4n) is 2.41. The summed E-state index contributed by atoms with van der Waals surface area (Å²) in [5.74, 6) is 0. The Kier molecular flexibility index (Phi) is 5.35. The smallest absolute Gasteiger partial charge is 0.0106 e. The fraction of sp³-hybridized carbons (Fsp3) is 0.714. The van der Waals surface area contributed by atoms with Gasteiger partial charge in [-0.3, -0.25) is 0 Å². The summed E-state index contributed by atoms with van der Waals surface area (Å²) in [6, 6.07) is 7.38. The topological polar surface area (TPSA) is 0 Å². The van der Waals surface area contributed by atoms with Crippen LogP contribution in [0.5, 0.6) is 0 Å². The summed E-state index contributed by atoms with van der Waals surface area (Å²) >= 11 is 0. The van der Waals surface area contributed by atoms with E-state index in [0.29, 0.717) is 0 Å². The minimum Gasteiger partial charge on any atom is -0.0646 e. The molecular formula is C21H36. The Morgan fingerprint density at radius 2 is 0.714 bits per heavy atom. The minimum atomic E-state index is 0.248. The van der Waals surface area contributed by atoms with Gasteiger partial charge in [0.1, 0.15) is 0 Å². The first-order valence-electron chi connectivity index (χ1n) is 8.66. The zero-order valence-corrected chi connectivity index (χ0v) is 15.9. The van der Waals surface area contributed by atoms with E-state index in [1.807, 2.05) is 0 Å². The second-order valence-corrected chi connectivity index (χ2v) is 8.51. The molecule has 21 heavy (non-hydrogen) atoms. The lowest BCUT2D eigenvalue weighted by atomic mass is 9.72. The van der Waals surface area contributed by atoms with Crippen molar-refractivity contribution >= 4 is 0 Å². The summed E-state index contributed by atoms with van der Waals surface area (Å²) in [4.78, 5) is 0. The normalized spacial score (nSPS) is 13.6. The molecule has 0 nitrogen and oxygen atoms in total. The molecule has 0 spiro atoms. The first-order chi connectivity index (χ1) is 9.50. The van der Waals surface area contributed by atoms with Gasteiger partial charge in [0.05, 0.1) is 0 Å². The lowest BCUT2D eigenvalue weighted by Crippen LogP contribution is -2.24. The van der Waals surface area contributed by atoms with Crippen LogP contribution in [0.4, 0.5) is 0 Å². The predicted octanol–water partition coefficient (Wildman–Crippen LogP) is 6.75. The third-order valence-corrected chi connectivity index (χ3v) is 5.93. The highest BCUT2D eigenvalue weighted by Gasteiger charge is 2.27. The molecule has 0 aromatic heterocycles. The van der Waals surface area contributed by atoms with E-state index in [2.05, 4.69) is 80.5 Å². The number of benzene rings is 1. The Hall–Kier alpha value is -0.780. The Balaban J connectivity index is 3.55. The number of rotatable bonds is 6. The molecule has 0 bridgehead atoms. The molecule has 0 amide bonds. The summed E-state index contributed by atoms with van der Waals surface area (Å²) in [6.07, 6.45) is 3.53. The fourth-order valence-corrected chi connectivity index (χ4v) is 2.41. The quantitative estimate of drug-likeness (QED) is 0.543. The van der Waals surface area contributed by atoms with Gasteiger partial charge in [0.25, 0.3) is 0 Å². The Morgan fingerprint density at radius 1 is 0.524 bits per heavy atom. The molecule has 0 unspecified atom stereocenters. The summed E-state index contributed by atoms with van der Waals surface area (Å²) < 4.78 is 0. The van der Waals surface area contributed by atoms with Crippen LogP contribution in [0.2, 0.25) is 0 Å². The third-order valence-electron chi connectivity index (χ3n) is 5.93. The van der Waals surface area contributed by atoms with Crippen molar-refractivity contribution in [3.8, 4) is 0 Å². The maximum absolute atomic E-state index is 2.46. The Morgan fingerprint density at radius 3 is 0.857 bits per heavy atom. The van der Waals surface area contributed by atoms with Crippen LogP contribution >= 0.6 is 0 Å². The molecule has 0 heteroatoms. The maximum atomic E-state index is 2.46. The van der Waals surface area contributed by atoms with Gasteiger partial charge in [0.15, 0.2) is 0 Å². The van der Waals surface area contributed by atoms with Gasteiger partial charge in [0, 0.05) is 0 Å². The van der Waals surface area contributed by atoms with Crippen LogP contribution in [0, 0.1) is 0 Å². The molecule has 0 aliphatic carbocycles. The highest BCUT2D eigenvalue weighted by atomic mass is 14.3. The van der Waals surface area contributed by atoms with Gasteiger partial charge in [-0.1, -0.05) is 80.5 Å². The SMILES string of the molecule is CCC(C)(C)c1cc(C(C)(C)CC)cc(C(C)(C)CC)c1. The van der Waals surface area contributed by atoms with Gasteiger partial charge < -0.3 is 0 Å². The maximum Gasteiger partial charge on any atom is -0.0106 e. The van der Waals surface area contributed by atoms with E-state index < -0.39 is 0 Å². The summed E-state index contributed by atoms with van der Waals surface area (Å²) in [6.45, 7) is 21.1.